The summed E-state index contributed by atoms with van der Waals surface area (Å²) in [7, 11) is 0. The largest absolute Gasteiger partial charge is 0.355 e. The minimum absolute atomic E-state index is 0. The molecule has 0 rings (SSSR count). The van der Waals surface area contributed by atoms with E-state index in [1.165, 1.54) is 0 Å². The van der Waals surface area contributed by atoms with E-state index in [9.17, 15) is 4.79 Å². The Hall–Kier alpha value is 0.0700. The van der Waals surface area contributed by atoms with Crippen molar-refractivity contribution < 1.29 is 4.79 Å². The second-order valence-electron chi connectivity index (χ2n) is 4.26. The van der Waals surface area contributed by atoms with Gasteiger partial charge in [-0.1, -0.05) is 0 Å². The number of amides is 1. The molecule has 0 radical (unpaired) electrons. The smallest absolute Gasteiger partial charge is 0.220 e. The van der Waals surface area contributed by atoms with Crippen molar-refractivity contribution in [2.75, 3.05) is 12.8 Å². The second kappa shape index (κ2) is 8.25. The molecule has 1 unspecified atom stereocenters. The third-order valence-corrected chi connectivity index (χ3v) is 3.34. The monoisotopic (exact) mass is 254 g/mol. The van der Waals surface area contributed by atoms with E-state index in [-0.39, 0.29) is 29.1 Å². The summed E-state index contributed by atoms with van der Waals surface area (Å²) < 4.78 is 0.115. The Morgan fingerprint density at radius 1 is 1.53 bits per heavy atom. The van der Waals surface area contributed by atoms with Crippen LogP contribution in [0.25, 0.3) is 0 Å². The maximum atomic E-state index is 11.3. The second-order valence-corrected chi connectivity index (χ2v) is 5.77. The van der Waals surface area contributed by atoms with Crippen molar-refractivity contribution in [3.05, 3.63) is 0 Å². The molecule has 0 bridgehead atoms. The van der Waals surface area contributed by atoms with Gasteiger partial charge in [0.05, 0.1) is 0 Å². The van der Waals surface area contributed by atoms with Crippen molar-refractivity contribution in [1.29, 1.82) is 0 Å². The van der Waals surface area contributed by atoms with E-state index in [1.807, 2.05) is 13.2 Å². The van der Waals surface area contributed by atoms with Gasteiger partial charge in [0.1, 0.15) is 0 Å². The van der Waals surface area contributed by atoms with Gasteiger partial charge in [-0.15, -0.1) is 12.4 Å². The normalized spacial score (nSPS) is 12.9. The lowest BCUT2D eigenvalue weighted by Crippen LogP contribution is -2.36. The quantitative estimate of drug-likeness (QED) is 0.760. The van der Waals surface area contributed by atoms with E-state index in [0.29, 0.717) is 13.0 Å². The maximum absolute atomic E-state index is 11.3. The molecule has 0 saturated carbocycles. The lowest BCUT2D eigenvalue weighted by molar-refractivity contribution is -0.121. The van der Waals surface area contributed by atoms with Crippen LogP contribution in [0.5, 0.6) is 0 Å². The van der Waals surface area contributed by atoms with Crippen molar-refractivity contribution in [1.82, 2.24) is 5.32 Å². The molecule has 92 valence electrons. The molecule has 0 aliphatic carbocycles. The molecule has 15 heavy (non-hydrogen) atoms. The van der Waals surface area contributed by atoms with Crippen molar-refractivity contribution in [3.8, 4) is 0 Å². The summed E-state index contributed by atoms with van der Waals surface area (Å²) in [5, 5.41) is 2.91. The number of carbonyl (C=O) groups excluding carboxylic acids is 1. The molecule has 0 aromatic heterocycles. The first-order valence-electron chi connectivity index (χ1n) is 4.95. The SMILES string of the molecule is CSC(C)(C)CNC(=O)CCC(C)N.Cl. The Morgan fingerprint density at radius 3 is 2.47 bits per heavy atom. The van der Waals surface area contributed by atoms with Gasteiger partial charge in [0.15, 0.2) is 0 Å². The highest BCUT2D eigenvalue weighted by atomic mass is 35.5. The summed E-state index contributed by atoms with van der Waals surface area (Å²) in [6.45, 7) is 6.86. The molecule has 1 atom stereocenters. The average Bonchev–Trinajstić information content (AvgIpc) is 2.11. The van der Waals surface area contributed by atoms with E-state index < -0.39 is 0 Å². The first-order chi connectivity index (χ1) is 6.37. The first kappa shape index (κ1) is 17.5. The maximum Gasteiger partial charge on any atom is 0.220 e. The molecule has 1 amide bonds. The van der Waals surface area contributed by atoms with Gasteiger partial charge >= 0.3 is 0 Å². The zero-order valence-electron chi connectivity index (χ0n) is 10.0. The van der Waals surface area contributed by atoms with Crippen LogP contribution in [0.1, 0.15) is 33.6 Å². The van der Waals surface area contributed by atoms with Gasteiger partial charge in [-0.3, -0.25) is 4.79 Å². The molecule has 3 nitrogen and oxygen atoms in total. The van der Waals surface area contributed by atoms with Gasteiger partial charge in [-0.25, -0.2) is 0 Å². The van der Waals surface area contributed by atoms with Crippen LogP contribution in [-0.4, -0.2) is 29.5 Å². The number of carbonyl (C=O) groups is 1. The van der Waals surface area contributed by atoms with E-state index in [4.69, 9.17) is 5.73 Å². The standard InChI is InChI=1S/C10H22N2OS.ClH/c1-8(11)5-6-9(13)12-7-10(2,3)14-4;/h8H,5-7,11H2,1-4H3,(H,12,13);1H. The minimum Gasteiger partial charge on any atom is -0.355 e. The van der Waals surface area contributed by atoms with E-state index in [0.717, 1.165) is 6.42 Å². The molecule has 0 aliphatic heterocycles. The van der Waals surface area contributed by atoms with Crippen molar-refractivity contribution in [2.24, 2.45) is 5.73 Å². The van der Waals surface area contributed by atoms with Crippen molar-refractivity contribution in [3.63, 3.8) is 0 Å². The van der Waals surface area contributed by atoms with Gasteiger partial charge in [-0.2, -0.15) is 11.8 Å². The molecular weight excluding hydrogens is 232 g/mol. The van der Waals surface area contributed by atoms with Gasteiger partial charge < -0.3 is 11.1 Å². The molecule has 0 aromatic rings. The number of halogens is 1. The van der Waals surface area contributed by atoms with Crippen LogP contribution in [0.4, 0.5) is 0 Å². The Bertz CT molecular complexity index is 186. The molecule has 0 spiro atoms. The molecule has 5 heteroatoms. The molecule has 0 aromatic carbocycles. The number of rotatable bonds is 6. The highest BCUT2D eigenvalue weighted by molar-refractivity contribution is 7.99. The molecule has 0 heterocycles. The van der Waals surface area contributed by atoms with Crippen LogP contribution < -0.4 is 11.1 Å². The van der Waals surface area contributed by atoms with Crippen LogP contribution in [0.3, 0.4) is 0 Å². The molecule has 0 aliphatic rings. The number of nitrogens with one attached hydrogen (secondary N) is 1. The Labute approximate surface area is 103 Å². The molecule has 3 N–H and O–H groups in total. The highest BCUT2D eigenvalue weighted by Gasteiger charge is 2.16. The Morgan fingerprint density at radius 2 is 2.07 bits per heavy atom. The Balaban J connectivity index is 0. The fourth-order valence-electron chi connectivity index (χ4n) is 0.831. The molecule has 0 saturated heterocycles. The molecular formula is C10H23ClN2OS. The zero-order chi connectivity index (χ0) is 11.2. The van der Waals surface area contributed by atoms with Gasteiger partial charge in [0.2, 0.25) is 5.91 Å². The summed E-state index contributed by atoms with van der Waals surface area (Å²) in [5.74, 6) is 0.101. The highest BCUT2D eigenvalue weighted by Crippen LogP contribution is 2.19. The van der Waals surface area contributed by atoms with Gasteiger partial charge in [0, 0.05) is 23.8 Å². The fourth-order valence-corrected chi connectivity index (χ4v) is 1.05. The number of nitrogens with two attached hydrogens (primary N) is 1. The number of thioether (sulfide) groups is 1. The fraction of sp³-hybridized carbons (Fsp3) is 0.900. The van der Waals surface area contributed by atoms with E-state index in [2.05, 4.69) is 19.2 Å². The topological polar surface area (TPSA) is 55.1 Å². The summed E-state index contributed by atoms with van der Waals surface area (Å²) in [4.78, 5) is 11.3. The van der Waals surface area contributed by atoms with E-state index >= 15 is 0 Å². The lowest BCUT2D eigenvalue weighted by atomic mass is 10.1. The van der Waals surface area contributed by atoms with Crippen LogP contribution >= 0.6 is 24.2 Å². The predicted molar refractivity (Wildman–Crippen MR) is 70.7 cm³/mol. The summed E-state index contributed by atoms with van der Waals surface area (Å²) in [6, 6.07) is 0.106. The third-order valence-electron chi connectivity index (χ3n) is 2.09. The predicted octanol–water partition coefficient (Wildman–Crippen LogP) is 1.79. The van der Waals surface area contributed by atoms with Crippen molar-refractivity contribution >= 4 is 30.1 Å². The first-order valence-corrected chi connectivity index (χ1v) is 6.17. The van der Waals surface area contributed by atoms with Gasteiger partial charge in [-0.05, 0) is 33.4 Å². The third kappa shape index (κ3) is 10.4. The zero-order valence-corrected chi connectivity index (χ0v) is 11.6. The van der Waals surface area contributed by atoms with Crippen molar-refractivity contribution in [2.45, 2.75) is 44.4 Å². The number of hydrogen-bond donors (Lipinski definition) is 2. The molecule has 0 fully saturated rings. The lowest BCUT2D eigenvalue weighted by Gasteiger charge is -2.22. The van der Waals surface area contributed by atoms with Crippen LogP contribution in [-0.2, 0) is 4.79 Å². The van der Waals surface area contributed by atoms with Gasteiger partial charge in [0.25, 0.3) is 0 Å². The Kier molecular flexibility index (Phi) is 9.60. The summed E-state index contributed by atoms with van der Waals surface area (Å²) in [5.41, 5.74) is 5.56. The number of hydrogen-bond acceptors (Lipinski definition) is 3. The van der Waals surface area contributed by atoms with Crippen LogP contribution in [0.2, 0.25) is 0 Å². The van der Waals surface area contributed by atoms with Crippen LogP contribution in [0, 0.1) is 0 Å². The minimum atomic E-state index is 0. The van der Waals surface area contributed by atoms with E-state index in [1.54, 1.807) is 11.8 Å². The summed E-state index contributed by atoms with van der Waals surface area (Å²) in [6.07, 6.45) is 3.34. The average molecular weight is 255 g/mol. The van der Waals surface area contributed by atoms with Crippen LogP contribution in [0.15, 0.2) is 0 Å². The summed E-state index contributed by atoms with van der Waals surface area (Å²) >= 11 is 1.75.